The van der Waals surface area contributed by atoms with Crippen molar-refractivity contribution in [2.75, 3.05) is 6.61 Å². The van der Waals surface area contributed by atoms with Crippen molar-refractivity contribution in [3.8, 4) is 5.88 Å². The van der Waals surface area contributed by atoms with Crippen molar-refractivity contribution in [2.24, 2.45) is 11.8 Å². The molecule has 0 aliphatic heterocycles. The molecular formula is C12H14Cl2N2O. The van der Waals surface area contributed by atoms with E-state index >= 15 is 0 Å². The molecule has 0 aromatic carbocycles. The van der Waals surface area contributed by atoms with Crippen molar-refractivity contribution in [3.05, 3.63) is 28.7 Å². The Morgan fingerprint density at radius 2 is 2.12 bits per heavy atom. The van der Waals surface area contributed by atoms with Crippen molar-refractivity contribution in [2.45, 2.75) is 19.8 Å². The fraction of sp³-hybridized carbons (Fsp3) is 0.500. The SMILES string of the molecule is CC1CC=CCC1COc1nc(Cl)ncc1Cl. The Morgan fingerprint density at radius 1 is 1.35 bits per heavy atom. The minimum Gasteiger partial charge on any atom is -0.476 e. The van der Waals surface area contributed by atoms with Crippen LogP contribution < -0.4 is 4.74 Å². The molecule has 1 aliphatic rings. The first-order valence-corrected chi connectivity index (χ1v) is 6.38. The molecule has 1 heterocycles. The standard InChI is InChI=1S/C12H14Cl2N2O/c1-8-4-2-3-5-9(8)7-17-11-10(13)6-15-12(14)16-11/h2-3,6,8-9H,4-5,7H2,1H3. The lowest BCUT2D eigenvalue weighted by molar-refractivity contribution is 0.192. The van der Waals surface area contributed by atoms with Gasteiger partial charge in [-0.05, 0) is 36.3 Å². The zero-order chi connectivity index (χ0) is 12.3. The zero-order valence-corrected chi connectivity index (χ0v) is 11.1. The molecule has 1 aliphatic carbocycles. The lowest BCUT2D eigenvalue weighted by Crippen LogP contribution is -2.21. The Morgan fingerprint density at radius 3 is 2.88 bits per heavy atom. The topological polar surface area (TPSA) is 35.0 Å². The molecule has 0 fully saturated rings. The highest BCUT2D eigenvalue weighted by molar-refractivity contribution is 6.32. The number of allylic oxidation sites excluding steroid dienone is 2. The highest BCUT2D eigenvalue weighted by Crippen LogP contribution is 2.27. The Bertz CT molecular complexity index is 423. The maximum absolute atomic E-state index is 5.93. The summed E-state index contributed by atoms with van der Waals surface area (Å²) in [6.45, 7) is 2.84. The minimum absolute atomic E-state index is 0.154. The smallest absolute Gasteiger partial charge is 0.237 e. The third kappa shape index (κ3) is 3.33. The second-order valence-corrected chi connectivity index (χ2v) is 5.03. The summed E-state index contributed by atoms with van der Waals surface area (Å²) in [4.78, 5) is 7.74. The molecule has 0 spiro atoms. The lowest BCUT2D eigenvalue weighted by atomic mass is 9.85. The first kappa shape index (κ1) is 12.7. The Kier molecular flexibility index (Phi) is 4.24. The van der Waals surface area contributed by atoms with Crippen LogP contribution in [0.25, 0.3) is 0 Å². The second kappa shape index (κ2) is 5.69. The molecule has 0 bridgehead atoms. The third-order valence-corrected chi connectivity index (χ3v) is 3.48. The molecule has 92 valence electrons. The van der Waals surface area contributed by atoms with Crippen LogP contribution in [0, 0.1) is 11.8 Å². The van der Waals surface area contributed by atoms with E-state index in [0.29, 0.717) is 29.3 Å². The third-order valence-electron chi connectivity index (χ3n) is 3.03. The lowest BCUT2D eigenvalue weighted by Gasteiger charge is -2.24. The molecular weight excluding hydrogens is 259 g/mol. The number of hydrogen-bond donors (Lipinski definition) is 0. The van der Waals surface area contributed by atoms with Crippen LogP contribution in [0.5, 0.6) is 5.88 Å². The van der Waals surface area contributed by atoms with Crippen molar-refractivity contribution >= 4 is 23.2 Å². The number of nitrogens with zero attached hydrogens (tertiary/aromatic N) is 2. The van der Waals surface area contributed by atoms with Gasteiger partial charge < -0.3 is 4.74 Å². The van der Waals surface area contributed by atoms with E-state index in [1.807, 2.05) is 0 Å². The average molecular weight is 273 g/mol. The number of hydrogen-bond acceptors (Lipinski definition) is 3. The monoisotopic (exact) mass is 272 g/mol. The molecule has 0 radical (unpaired) electrons. The van der Waals surface area contributed by atoms with Crippen LogP contribution in [0.2, 0.25) is 10.3 Å². The summed E-state index contributed by atoms with van der Waals surface area (Å²) >= 11 is 11.6. The van der Waals surface area contributed by atoms with Gasteiger partial charge in [-0.3, -0.25) is 0 Å². The summed E-state index contributed by atoms with van der Waals surface area (Å²) in [7, 11) is 0. The van der Waals surface area contributed by atoms with Gasteiger partial charge in [0, 0.05) is 0 Å². The fourth-order valence-electron chi connectivity index (χ4n) is 1.86. The van der Waals surface area contributed by atoms with Crippen molar-refractivity contribution in [3.63, 3.8) is 0 Å². The molecule has 5 heteroatoms. The van der Waals surface area contributed by atoms with Gasteiger partial charge in [0.05, 0.1) is 12.8 Å². The van der Waals surface area contributed by atoms with Gasteiger partial charge in [0.15, 0.2) is 0 Å². The van der Waals surface area contributed by atoms with E-state index in [2.05, 4.69) is 29.0 Å². The van der Waals surface area contributed by atoms with E-state index in [-0.39, 0.29) is 5.28 Å². The van der Waals surface area contributed by atoms with Gasteiger partial charge in [-0.15, -0.1) is 0 Å². The molecule has 0 saturated heterocycles. The molecule has 2 atom stereocenters. The number of halogens is 2. The van der Waals surface area contributed by atoms with Gasteiger partial charge in [0.1, 0.15) is 5.02 Å². The summed E-state index contributed by atoms with van der Waals surface area (Å²) in [5.41, 5.74) is 0. The van der Waals surface area contributed by atoms with Gasteiger partial charge >= 0.3 is 0 Å². The van der Waals surface area contributed by atoms with Crippen LogP contribution in [-0.4, -0.2) is 16.6 Å². The van der Waals surface area contributed by atoms with Gasteiger partial charge in [0.25, 0.3) is 0 Å². The largest absolute Gasteiger partial charge is 0.476 e. The number of ether oxygens (including phenoxy) is 1. The Balaban J connectivity index is 1.97. The quantitative estimate of drug-likeness (QED) is 0.621. The van der Waals surface area contributed by atoms with Gasteiger partial charge in [-0.2, -0.15) is 4.98 Å². The van der Waals surface area contributed by atoms with Gasteiger partial charge in [0.2, 0.25) is 11.2 Å². The van der Waals surface area contributed by atoms with E-state index in [9.17, 15) is 0 Å². The number of aromatic nitrogens is 2. The summed E-state index contributed by atoms with van der Waals surface area (Å²) in [6.07, 6.45) is 8.01. The van der Waals surface area contributed by atoms with E-state index in [1.165, 1.54) is 6.20 Å². The highest BCUT2D eigenvalue weighted by Gasteiger charge is 2.19. The summed E-state index contributed by atoms with van der Waals surface area (Å²) < 4.78 is 5.63. The maximum atomic E-state index is 5.93. The maximum Gasteiger partial charge on any atom is 0.237 e. The molecule has 3 nitrogen and oxygen atoms in total. The molecule has 2 unspecified atom stereocenters. The van der Waals surface area contributed by atoms with E-state index in [4.69, 9.17) is 27.9 Å². The van der Waals surface area contributed by atoms with E-state index < -0.39 is 0 Å². The molecule has 17 heavy (non-hydrogen) atoms. The Hall–Kier alpha value is -0.800. The Labute approximate surface area is 111 Å². The predicted molar refractivity (Wildman–Crippen MR) is 68.6 cm³/mol. The van der Waals surface area contributed by atoms with Gasteiger partial charge in [-0.25, -0.2) is 4.98 Å². The summed E-state index contributed by atoms with van der Waals surface area (Å²) in [6, 6.07) is 0. The van der Waals surface area contributed by atoms with E-state index in [1.54, 1.807) is 0 Å². The summed E-state index contributed by atoms with van der Waals surface area (Å²) in [5.74, 6) is 1.49. The van der Waals surface area contributed by atoms with Crippen LogP contribution in [0.1, 0.15) is 19.8 Å². The van der Waals surface area contributed by atoms with Crippen LogP contribution in [-0.2, 0) is 0 Å². The summed E-state index contributed by atoms with van der Waals surface area (Å²) in [5, 5.41) is 0.550. The number of rotatable bonds is 3. The van der Waals surface area contributed by atoms with E-state index in [0.717, 1.165) is 12.8 Å². The first-order valence-electron chi connectivity index (χ1n) is 5.62. The van der Waals surface area contributed by atoms with Crippen molar-refractivity contribution < 1.29 is 4.74 Å². The molecule has 1 aromatic rings. The molecule has 0 N–H and O–H groups in total. The fourth-order valence-corrected chi connectivity index (χ4v) is 2.13. The average Bonchev–Trinajstić information content (AvgIpc) is 2.32. The van der Waals surface area contributed by atoms with Gasteiger partial charge in [-0.1, -0.05) is 30.7 Å². The second-order valence-electron chi connectivity index (χ2n) is 4.28. The minimum atomic E-state index is 0.154. The molecule has 0 amide bonds. The van der Waals surface area contributed by atoms with Crippen molar-refractivity contribution in [1.29, 1.82) is 0 Å². The normalized spacial score (nSPS) is 23.7. The van der Waals surface area contributed by atoms with Crippen LogP contribution >= 0.6 is 23.2 Å². The molecule has 2 rings (SSSR count). The van der Waals surface area contributed by atoms with Crippen molar-refractivity contribution in [1.82, 2.24) is 9.97 Å². The predicted octanol–water partition coefficient (Wildman–Crippen LogP) is 3.76. The zero-order valence-electron chi connectivity index (χ0n) is 9.57. The van der Waals surface area contributed by atoms with Crippen LogP contribution in [0.15, 0.2) is 18.3 Å². The van der Waals surface area contributed by atoms with Crippen LogP contribution in [0.3, 0.4) is 0 Å². The molecule has 0 saturated carbocycles. The first-order chi connectivity index (χ1) is 8.16. The molecule has 1 aromatic heterocycles. The highest BCUT2D eigenvalue weighted by atomic mass is 35.5. The van der Waals surface area contributed by atoms with Crippen LogP contribution in [0.4, 0.5) is 0 Å².